The van der Waals surface area contributed by atoms with Crippen molar-refractivity contribution in [3.8, 4) is 5.75 Å². The Hall–Kier alpha value is -0.840. The van der Waals surface area contributed by atoms with Crippen LogP contribution < -0.4 is 4.74 Å². The van der Waals surface area contributed by atoms with Crippen LogP contribution in [0.15, 0.2) is 24.3 Å². The molecule has 0 aliphatic carbocycles. The van der Waals surface area contributed by atoms with Crippen LogP contribution in [-0.4, -0.2) is 41.8 Å². The Labute approximate surface area is 126 Å². The summed E-state index contributed by atoms with van der Waals surface area (Å²) in [4.78, 5) is 2.31. The summed E-state index contributed by atoms with van der Waals surface area (Å²) in [7, 11) is 0. The highest BCUT2D eigenvalue weighted by molar-refractivity contribution is 5.85. The monoisotopic (exact) mass is 303 g/mol. The lowest BCUT2D eigenvalue weighted by Crippen LogP contribution is -2.43. The fourth-order valence-corrected chi connectivity index (χ4v) is 2.48. The number of nitrogens with zero attached hydrogens (tertiary/aromatic N) is 1. The molecule has 1 heterocycles. The van der Waals surface area contributed by atoms with Crippen LogP contribution in [0.4, 0.5) is 4.39 Å². The van der Waals surface area contributed by atoms with Gasteiger partial charge in [-0.1, -0.05) is 6.42 Å². The average Bonchev–Trinajstić information content (AvgIpc) is 2.41. The molecule has 1 N–H and O–H groups in total. The Bertz CT molecular complexity index is 388. The standard InChI is InChI=1S/C15H22FNO2.ClH/c1-12-4-2-3-9-17(12)10-14(18)11-19-15-7-5-13(16)6-8-15;/h5-8,12,14,18H,2-4,9-11H2,1H3;1H. The van der Waals surface area contributed by atoms with E-state index in [-0.39, 0.29) is 24.8 Å². The Kier molecular flexibility index (Phi) is 7.27. The molecule has 3 nitrogen and oxygen atoms in total. The summed E-state index contributed by atoms with van der Waals surface area (Å²) in [5.41, 5.74) is 0. The molecule has 1 aromatic carbocycles. The normalized spacial score (nSPS) is 21.1. The number of benzene rings is 1. The third-order valence-electron chi connectivity index (χ3n) is 3.64. The molecule has 2 unspecified atom stereocenters. The molecule has 2 rings (SSSR count). The summed E-state index contributed by atoms with van der Waals surface area (Å²) in [6, 6.07) is 6.40. The third-order valence-corrected chi connectivity index (χ3v) is 3.64. The Morgan fingerprint density at radius 3 is 2.70 bits per heavy atom. The van der Waals surface area contributed by atoms with E-state index in [4.69, 9.17) is 4.74 Å². The number of ether oxygens (including phenoxy) is 1. The van der Waals surface area contributed by atoms with Gasteiger partial charge in [0, 0.05) is 12.6 Å². The molecule has 1 fully saturated rings. The van der Waals surface area contributed by atoms with Crippen molar-refractivity contribution in [2.75, 3.05) is 19.7 Å². The summed E-state index contributed by atoms with van der Waals surface area (Å²) in [5.74, 6) is 0.308. The number of piperidine rings is 1. The largest absolute Gasteiger partial charge is 0.491 e. The lowest BCUT2D eigenvalue weighted by molar-refractivity contribution is 0.0437. The molecule has 0 aromatic heterocycles. The van der Waals surface area contributed by atoms with Gasteiger partial charge in [0.05, 0.1) is 0 Å². The van der Waals surface area contributed by atoms with Crippen LogP contribution in [0.3, 0.4) is 0 Å². The lowest BCUT2D eigenvalue weighted by atomic mass is 10.0. The van der Waals surface area contributed by atoms with Crippen LogP contribution in [0.1, 0.15) is 26.2 Å². The van der Waals surface area contributed by atoms with Crippen molar-refractivity contribution >= 4 is 12.4 Å². The highest BCUT2D eigenvalue weighted by Gasteiger charge is 2.20. The number of likely N-dealkylation sites (tertiary alicyclic amines) is 1. The van der Waals surface area contributed by atoms with Crippen LogP contribution in [0.25, 0.3) is 0 Å². The molecular weight excluding hydrogens is 281 g/mol. The predicted molar refractivity (Wildman–Crippen MR) is 80.0 cm³/mol. The summed E-state index contributed by atoms with van der Waals surface area (Å²) in [6.45, 7) is 4.14. The van der Waals surface area contributed by atoms with Crippen molar-refractivity contribution in [3.63, 3.8) is 0 Å². The smallest absolute Gasteiger partial charge is 0.123 e. The minimum absolute atomic E-state index is 0. The van der Waals surface area contributed by atoms with Gasteiger partial charge in [-0.3, -0.25) is 4.90 Å². The SMILES string of the molecule is CC1CCCCN1CC(O)COc1ccc(F)cc1.Cl. The minimum Gasteiger partial charge on any atom is -0.491 e. The first kappa shape index (κ1) is 17.2. The quantitative estimate of drug-likeness (QED) is 0.908. The molecule has 1 aromatic rings. The van der Waals surface area contributed by atoms with Crippen LogP contribution in [0.5, 0.6) is 5.75 Å². The molecule has 1 saturated heterocycles. The molecule has 0 amide bonds. The molecule has 1 aliphatic heterocycles. The molecule has 114 valence electrons. The van der Waals surface area contributed by atoms with Crippen molar-refractivity contribution in [3.05, 3.63) is 30.1 Å². The number of aliphatic hydroxyl groups excluding tert-OH is 1. The summed E-state index contributed by atoms with van der Waals surface area (Å²) < 4.78 is 18.2. The van der Waals surface area contributed by atoms with Gasteiger partial charge in [0.15, 0.2) is 0 Å². The average molecular weight is 304 g/mol. The van der Waals surface area contributed by atoms with E-state index in [0.717, 1.165) is 6.54 Å². The topological polar surface area (TPSA) is 32.7 Å². The van der Waals surface area contributed by atoms with Crippen molar-refractivity contribution < 1.29 is 14.2 Å². The highest BCUT2D eigenvalue weighted by Crippen LogP contribution is 2.17. The molecule has 1 aliphatic rings. The van der Waals surface area contributed by atoms with E-state index in [1.807, 2.05) is 0 Å². The van der Waals surface area contributed by atoms with Crippen LogP contribution >= 0.6 is 12.4 Å². The van der Waals surface area contributed by atoms with E-state index in [2.05, 4.69) is 11.8 Å². The van der Waals surface area contributed by atoms with Crippen LogP contribution in [-0.2, 0) is 0 Å². The zero-order valence-electron chi connectivity index (χ0n) is 11.8. The van der Waals surface area contributed by atoms with Gasteiger partial charge in [-0.15, -0.1) is 12.4 Å². The van der Waals surface area contributed by atoms with Crippen molar-refractivity contribution in [2.45, 2.75) is 38.3 Å². The molecule has 5 heteroatoms. The first-order valence-electron chi connectivity index (χ1n) is 6.95. The van der Waals surface area contributed by atoms with E-state index in [1.54, 1.807) is 12.1 Å². The fourth-order valence-electron chi connectivity index (χ4n) is 2.48. The molecule has 0 radical (unpaired) electrons. The fraction of sp³-hybridized carbons (Fsp3) is 0.600. The maximum atomic E-state index is 12.7. The number of halogens is 2. The maximum absolute atomic E-state index is 12.7. The summed E-state index contributed by atoms with van der Waals surface area (Å²) in [6.07, 6.45) is 3.17. The zero-order valence-corrected chi connectivity index (χ0v) is 12.6. The van der Waals surface area contributed by atoms with Crippen LogP contribution in [0.2, 0.25) is 0 Å². The van der Waals surface area contributed by atoms with E-state index in [9.17, 15) is 9.50 Å². The first-order valence-corrected chi connectivity index (χ1v) is 6.95. The summed E-state index contributed by atoms with van der Waals surface area (Å²) in [5, 5.41) is 9.99. The van der Waals surface area contributed by atoms with Gasteiger partial charge in [-0.2, -0.15) is 0 Å². The van der Waals surface area contributed by atoms with Gasteiger partial charge < -0.3 is 9.84 Å². The van der Waals surface area contributed by atoms with Gasteiger partial charge in [0.25, 0.3) is 0 Å². The highest BCUT2D eigenvalue weighted by atomic mass is 35.5. The van der Waals surface area contributed by atoms with Crippen LogP contribution in [0, 0.1) is 5.82 Å². The molecule has 0 saturated carbocycles. The Balaban J connectivity index is 0.00000200. The molecule has 0 spiro atoms. The lowest BCUT2D eigenvalue weighted by Gasteiger charge is -2.34. The second kappa shape index (κ2) is 8.45. The number of hydrogen-bond donors (Lipinski definition) is 1. The van der Waals surface area contributed by atoms with Crippen molar-refractivity contribution in [1.29, 1.82) is 0 Å². The minimum atomic E-state index is -0.509. The number of β-amino-alcohol motifs (C(OH)–C–C–N with tert-alkyl or cyclic N) is 1. The molecule has 20 heavy (non-hydrogen) atoms. The Morgan fingerprint density at radius 2 is 2.05 bits per heavy atom. The zero-order chi connectivity index (χ0) is 13.7. The van der Waals surface area contributed by atoms with E-state index < -0.39 is 6.10 Å². The van der Waals surface area contributed by atoms with E-state index in [0.29, 0.717) is 18.3 Å². The van der Waals surface area contributed by atoms with Gasteiger partial charge >= 0.3 is 0 Å². The molecule has 2 atom stereocenters. The molecular formula is C15H23ClFNO2. The maximum Gasteiger partial charge on any atom is 0.123 e. The first-order chi connectivity index (χ1) is 9.15. The predicted octanol–water partition coefficient (Wildman–Crippen LogP) is 2.86. The van der Waals surface area contributed by atoms with Crippen molar-refractivity contribution in [1.82, 2.24) is 4.90 Å². The number of rotatable bonds is 5. The second-order valence-electron chi connectivity index (χ2n) is 5.26. The van der Waals surface area contributed by atoms with Gasteiger partial charge in [-0.25, -0.2) is 4.39 Å². The number of aliphatic hydroxyl groups is 1. The van der Waals surface area contributed by atoms with E-state index >= 15 is 0 Å². The van der Waals surface area contributed by atoms with Gasteiger partial charge in [0.1, 0.15) is 24.3 Å². The number of hydrogen-bond acceptors (Lipinski definition) is 3. The van der Waals surface area contributed by atoms with Crippen molar-refractivity contribution in [2.24, 2.45) is 0 Å². The second-order valence-corrected chi connectivity index (χ2v) is 5.26. The Morgan fingerprint density at radius 1 is 1.35 bits per heavy atom. The third kappa shape index (κ3) is 5.27. The summed E-state index contributed by atoms with van der Waals surface area (Å²) >= 11 is 0. The van der Waals surface area contributed by atoms with E-state index in [1.165, 1.54) is 31.4 Å². The van der Waals surface area contributed by atoms with Gasteiger partial charge in [-0.05, 0) is 50.6 Å². The van der Waals surface area contributed by atoms with Gasteiger partial charge in [0.2, 0.25) is 0 Å². The molecule has 0 bridgehead atoms.